The van der Waals surface area contributed by atoms with Gasteiger partial charge in [0.2, 0.25) is 0 Å². The predicted molar refractivity (Wildman–Crippen MR) is 125 cm³/mol. The Labute approximate surface area is 202 Å². The van der Waals surface area contributed by atoms with Crippen molar-refractivity contribution in [3.63, 3.8) is 0 Å². The van der Waals surface area contributed by atoms with E-state index in [1.165, 1.54) is 18.2 Å². The number of rotatable bonds is 6. The van der Waals surface area contributed by atoms with E-state index < -0.39 is 30.3 Å². The minimum Gasteiger partial charge on any atom is -0.452 e. The molecule has 0 unspecified atom stereocenters. The summed E-state index contributed by atoms with van der Waals surface area (Å²) >= 11 is 9.33. The third-order valence-corrected chi connectivity index (χ3v) is 5.74. The first-order chi connectivity index (χ1) is 15.8. The SMILES string of the molecule is O=C(COC(=O)c1ccc2c(c1)C(=O)N(Cc1ccccc1)C2=O)Nc1ccc(Br)cc1Cl. The smallest absolute Gasteiger partial charge is 0.338 e. The van der Waals surface area contributed by atoms with Gasteiger partial charge in [-0.3, -0.25) is 19.3 Å². The van der Waals surface area contributed by atoms with Crippen LogP contribution in [-0.2, 0) is 16.1 Å². The number of anilines is 1. The van der Waals surface area contributed by atoms with Crippen LogP contribution in [0.4, 0.5) is 5.69 Å². The second-order valence-electron chi connectivity index (χ2n) is 7.19. The molecular formula is C24H16BrClN2O5. The van der Waals surface area contributed by atoms with Gasteiger partial charge in [0.25, 0.3) is 17.7 Å². The van der Waals surface area contributed by atoms with Crippen LogP contribution in [0.15, 0.2) is 71.2 Å². The van der Waals surface area contributed by atoms with Gasteiger partial charge in [0.1, 0.15) is 0 Å². The Balaban J connectivity index is 1.41. The first-order valence-electron chi connectivity index (χ1n) is 9.79. The molecule has 0 bridgehead atoms. The number of nitrogens with one attached hydrogen (secondary N) is 1. The Morgan fingerprint density at radius 1 is 0.939 bits per heavy atom. The molecule has 3 amide bonds. The molecule has 0 fully saturated rings. The molecule has 4 rings (SSSR count). The fourth-order valence-electron chi connectivity index (χ4n) is 3.32. The molecule has 0 saturated carbocycles. The van der Waals surface area contributed by atoms with E-state index in [0.29, 0.717) is 10.7 Å². The van der Waals surface area contributed by atoms with E-state index in [4.69, 9.17) is 16.3 Å². The molecule has 1 aliphatic rings. The molecular weight excluding hydrogens is 512 g/mol. The van der Waals surface area contributed by atoms with Crippen molar-refractivity contribution in [1.29, 1.82) is 0 Å². The number of esters is 1. The van der Waals surface area contributed by atoms with Crippen LogP contribution in [0, 0.1) is 0 Å². The van der Waals surface area contributed by atoms with Crippen LogP contribution in [-0.4, -0.2) is 35.2 Å². The molecule has 0 radical (unpaired) electrons. The molecule has 1 heterocycles. The summed E-state index contributed by atoms with van der Waals surface area (Å²) < 4.78 is 5.81. The number of imide groups is 1. The Kier molecular flexibility index (Phi) is 6.57. The van der Waals surface area contributed by atoms with Crippen molar-refractivity contribution in [3.8, 4) is 0 Å². The van der Waals surface area contributed by atoms with Crippen LogP contribution < -0.4 is 5.32 Å². The van der Waals surface area contributed by atoms with Crippen LogP contribution in [0.5, 0.6) is 0 Å². The number of amides is 3. The predicted octanol–water partition coefficient (Wildman–Crippen LogP) is 4.69. The quantitative estimate of drug-likeness (QED) is 0.371. The number of benzene rings is 3. The lowest BCUT2D eigenvalue weighted by atomic mass is 10.1. The minimum absolute atomic E-state index is 0.0611. The molecule has 1 N–H and O–H groups in total. The zero-order valence-electron chi connectivity index (χ0n) is 17.0. The Morgan fingerprint density at radius 3 is 2.39 bits per heavy atom. The van der Waals surface area contributed by atoms with E-state index in [9.17, 15) is 19.2 Å². The van der Waals surface area contributed by atoms with E-state index >= 15 is 0 Å². The second-order valence-corrected chi connectivity index (χ2v) is 8.51. The summed E-state index contributed by atoms with van der Waals surface area (Å²) in [6, 6.07) is 18.2. The molecule has 166 valence electrons. The Morgan fingerprint density at radius 2 is 1.67 bits per heavy atom. The number of nitrogens with zero attached hydrogens (tertiary/aromatic N) is 1. The number of hydrogen-bond acceptors (Lipinski definition) is 5. The van der Waals surface area contributed by atoms with Gasteiger partial charge in [0.15, 0.2) is 6.61 Å². The topological polar surface area (TPSA) is 92.8 Å². The van der Waals surface area contributed by atoms with Crippen LogP contribution in [0.25, 0.3) is 0 Å². The highest BCUT2D eigenvalue weighted by Gasteiger charge is 2.36. The maximum absolute atomic E-state index is 12.8. The van der Waals surface area contributed by atoms with E-state index in [1.54, 1.807) is 18.2 Å². The van der Waals surface area contributed by atoms with Crippen molar-refractivity contribution < 1.29 is 23.9 Å². The number of carbonyl (C=O) groups is 4. The first kappa shape index (κ1) is 22.7. The van der Waals surface area contributed by atoms with Gasteiger partial charge >= 0.3 is 5.97 Å². The van der Waals surface area contributed by atoms with Gasteiger partial charge in [-0.05, 0) is 42.0 Å². The molecule has 0 spiro atoms. The number of carbonyl (C=O) groups excluding carboxylic acids is 4. The molecule has 3 aromatic carbocycles. The Hall–Kier alpha value is -3.49. The van der Waals surface area contributed by atoms with E-state index in [-0.39, 0.29) is 23.2 Å². The van der Waals surface area contributed by atoms with Crippen LogP contribution in [0.2, 0.25) is 5.02 Å². The third kappa shape index (κ3) is 4.97. The summed E-state index contributed by atoms with van der Waals surface area (Å²) in [6.07, 6.45) is 0. The molecule has 1 aliphatic heterocycles. The molecule has 7 nitrogen and oxygen atoms in total. The second kappa shape index (κ2) is 9.56. The molecule has 0 aliphatic carbocycles. The monoisotopic (exact) mass is 526 g/mol. The van der Waals surface area contributed by atoms with Crippen molar-refractivity contribution in [3.05, 3.63) is 98.5 Å². The molecule has 0 aromatic heterocycles. The van der Waals surface area contributed by atoms with Crippen molar-refractivity contribution in [2.24, 2.45) is 0 Å². The molecule has 0 saturated heterocycles. The maximum Gasteiger partial charge on any atom is 0.338 e. The number of hydrogen-bond donors (Lipinski definition) is 1. The van der Waals surface area contributed by atoms with Crippen molar-refractivity contribution in [1.82, 2.24) is 4.90 Å². The van der Waals surface area contributed by atoms with Gasteiger partial charge < -0.3 is 10.1 Å². The molecule has 33 heavy (non-hydrogen) atoms. The Bertz CT molecular complexity index is 1280. The standard InChI is InChI=1S/C24H16BrClN2O5/c25-16-7-9-20(19(26)11-16)27-21(29)13-33-24(32)15-6-8-17-18(10-15)23(31)28(22(17)30)12-14-4-2-1-3-5-14/h1-11H,12-13H2,(H,27,29). The minimum atomic E-state index is -0.795. The zero-order chi connectivity index (χ0) is 23.5. The average Bonchev–Trinajstić information content (AvgIpc) is 3.04. The van der Waals surface area contributed by atoms with Crippen LogP contribution >= 0.6 is 27.5 Å². The molecule has 9 heteroatoms. The van der Waals surface area contributed by atoms with Gasteiger partial charge in [-0.25, -0.2) is 4.79 Å². The summed E-state index contributed by atoms with van der Waals surface area (Å²) in [7, 11) is 0. The largest absolute Gasteiger partial charge is 0.452 e. The molecule has 3 aromatic rings. The summed E-state index contributed by atoms with van der Waals surface area (Å²) in [6.45, 7) is -0.416. The number of fused-ring (bicyclic) bond motifs is 1. The van der Waals surface area contributed by atoms with Gasteiger partial charge in [-0.2, -0.15) is 0 Å². The average molecular weight is 528 g/mol. The summed E-state index contributed by atoms with van der Waals surface area (Å²) in [4.78, 5) is 51.1. The summed E-state index contributed by atoms with van der Waals surface area (Å²) in [5.74, 6) is -2.29. The lowest BCUT2D eigenvalue weighted by Gasteiger charge is -2.13. The van der Waals surface area contributed by atoms with Crippen LogP contribution in [0.3, 0.4) is 0 Å². The van der Waals surface area contributed by atoms with Gasteiger partial charge in [0.05, 0.1) is 33.9 Å². The maximum atomic E-state index is 12.8. The lowest BCUT2D eigenvalue weighted by molar-refractivity contribution is -0.119. The van der Waals surface area contributed by atoms with Crippen LogP contribution in [0.1, 0.15) is 36.6 Å². The van der Waals surface area contributed by atoms with Gasteiger partial charge in [-0.1, -0.05) is 57.9 Å². The van der Waals surface area contributed by atoms with Crippen molar-refractivity contribution >= 4 is 56.9 Å². The van der Waals surface area contributed by atoms with Gasteiger partial charge in [-0.15, -0.1) is 0 Å². The fourth-order valence-corrected chi connectivity index (χ4v) is 4.04. The van der Waals surface area contributed by atoms with E-state index in [2.05, 4.69) is 21.2 Å². The summed E-state index contributed by atoms with van der Waals surface area (Å²) in [5.41, 5.74) is 1.59. The normalized spacial score (nSPS) is 12.5. The van der Waals surface area contributed by atoms with E-state index in [0.717, 1.165) is 14.9 Å². The highest BCUT2D eigenvalue weighted by molar-refractivity contribution is 9.10. The zero-order valence-corrected chi connectivity index (χ0v) is 19.4. The highest BCUT2D eigenvalue weighted by Crippen LogP contribution is 2.27. The van der Waals surface area contributed by atoms with Gasteiger partial charge in [0, 0.05) is 4.47 Å². The third-order valence-electron chi connectivity index (χ3n) is 4.93. The fraction of sp³-hybridized carbons (Fsp3) is 0.0833. The number of ether oxygens (including phenoxy) is 1. The molecule has 0 atom stereocenters. The first-order valence-corrected chi connectivity index (χ1v) is 11.0. The lowest BCUT2D eigenvalue weighted by Crippen LogP contribution is -2.29. The highest BCUT2D eigenvalue weighted by atomic mass is 79.9. The number of halogens is 2. The van der Waals surface area contributed by atoms with Crippen molar-refractivity contribution in [2.45, 2.75) is 6.54 Å². The van der Waals surface area contributed by atoms with Crippen molar-refractivity contribution in [2.75, 3.05) is 11.9 Å². The summed E-state index contributed by atoms with van der Waals surface area (Å²) in [5, 5.41) is 2.88. The van der Waals surface area contributed by atoms with E-state index in [1.807, 2.05) is 30.3 Å².